The zero-order valence-corrected chi connectivity index (χ0v) is 9.85. The third-order valence-corrected chi connectivity index (χ3v) is 2.86. The van der Waals surface area contributed by atoms with E-state index in [1.165, 1.54) is 0 Å². The molecule has 1 heterocycles. The van der Waals surface area contributed by atoms with E-state index in [-0.39, 0.29) is 6.10 Å². The molecule has 0 aromatic heterocycles. The zero-order chi connectivity index (χ0) is 9.97. The van der Waals surface area contributed by atoms with Crippen LogP contribution in [-0.4, -0.2) is 19.3 Å². The van der Waals surface area contributed by atoms with Crippen LogP contribution in [0.25, 0.3) is 0 Å². The highest BCUT2D eigenvalue weighted by Gasteiger charge is 2.18. The van der Waals surface area contributed by atoms with Gasteiger partial charge in [0.15, 0.2) is 0 Å². The molecule has 0 aliphatic carbocycles. The first kappa shape index (κ1) is 10.3. The van der Waals surface area contributed by atoms with Gasteiger partial charge < -0.3 is 9.47 Å². The molecule has 0 amide bonds. The monoisotopic (exact) mass is 276 g/mol. The lowest BCUT2D eigenvalue weighted by Crippen LogP contribution is -2.15. The minimum Gasteiger partial charge on any atom is -0.486 e. The molecule has 0 spiro atoms. The van der Waals surface area contributed by atoms with Gasteiger partial charge in [-0.05, 0) is 18.2 Å². The van der Waals surface area contributed by atoms with Gasteiger partial charge >= 0.3 is 0 Å². The Kier molecular flexibility index (Phi) is 3.31. The van der Waals surface area contributed by atoms with Crippen LogP contribution in [0.4, 0.5) is 0 Å². The number of rotatable bonds is 2. The smallest absolute Gasteiger partial charge is 0.138 e. The molecule has 1 aliphatic heterocycles. The lowest BCUT2D eigenvalue weighted by atomic mass is 10.3. The molecule has 2 nitrogen and oxygen atoms in total. The minimum atomic E-state index is 0.147. The van der Waals surface area contributed by atoms with Crippen molar-refractivity contribution in [1.82, 2.24) is 0 Å². The van der Waals surface area contributed by atoms with Crippen molar-refractivity contribution in [3.8, 4) is 5.75 Å². The van der Waals surface area contributed by atoms with Crippen molar-refractivity contribution >= 4 is 27.5 Å². The SMILES string of the molecule is Clc1cc(Br)ccc1O[C@H]1CCOC1. The maximum Gasteiger partial charge on any atom is 0.138 e. The second kappa shape index (κ2) is 4.51. The van der Waals surface area contributed by atoms with Gasteiger partial charge in [0.2, 0.25) is 0 Å². The fourth-order valence-corrected chi connectivity index (χ4v) is 2.07. The van der Waals surface area contributed by atoms with Crippen LogP contribution in [-0.2, 0) is 4.74 Å². The summed E-state index contributed by atoms with van der Waals surface area (Å²) >= 11 is 9.36. The Labute approximate surface area is 96.3 Å². The van der Waals surface area contributed by atoms with Gasteiger partial charge in [-0.3, -0.25) is 0 Å². The van der Waals surface area contributed by atoms with Gasteiger partial charge in [0.25, 0.3) is 0 Å². The molecule has 1 aromatic carbocycles. The molecular formula is C10H10BrClO2. The van der Waals surface area contributed by atoms with Gasteiger partial charge in [-0.1, -0.05) is 27.5 Å². The first-order valence-corrected chi connectivity index (χ1v) is 5.62. The molecule has 0 saturated carbocycles. The van der Waals surface area contributed by atoms with Crippen molar-refractivity contribution < 1.29 is 9.47 Å². The fourth-order valence-electron chi connectivity index (χ4n) is 1.36. The Hall–Kier alpha value is -0.250. The highest BCUT2D eigenvalue weighted by molar-refractivity contribution is 9.10. The standard InChI is InChI=1S/C10H10BrClO2/c11-7-1-2-10(9(12)5-7)14-8-3-4-13-6-8/h1-2,5,8H,3-4,6H2/t8-/m0/s1. The molecule has 1 aromatic rings. The van der Waals surface area contributed by atoms with Crippen molar-refractivity contribution in [2.24, 2.45) is 0 Å². The van der Waals surface area contributed by atoms with Crippen LogP contribution in [0.15, 0.2) is 22.7 Å². The van der Waals surface area contributed by atoms with Gasteiger partial charge in [-0.15, -0.1) is 0 Å². The highest BCUT2D eigenvalue weighted by atomic mass is 79.9. The van der Waals surface area contributed by atoms with E-state index < -0.39 is 0 Å². The molecule has 1 atom stereocenters. The van der Waals surface area contributed by atoms with Crippen LogP contribution < -0.4 is 4.74 Å². The van der Waals surface area contributed by atoms with E-state index in [4.69, 9.17) is 21.1 Å². The number of halogens is 2. The average Bonchev–Trinajstić information content (AvgIpc) is 2.62. The molecule has 1 fully saturated rings. The molecule has 2 rings (SSSR count). The predicted octanol–water partition coefficient (Wildman–Crippen LogP) is 3.27. The second-order valence-corrected chi connectivity index (χ2v) is 4.50. The summed E-state index contributed by atoms with van der Waals surface area (Å²) < 4.78 is 11.9. The molecule has 0 N–H and O–H groups in total. The summed E-state index contributed by atoms with van der Waals surface area (Å²) in [4.78, 5) is 0. The van der Waals surface area contributed by atoms with Crippen LogP contribution in [0.2, 0.25) is 5.02 Å². The average molecular weight is 278 g/mol. The summed E-state index contributed by atoms with van der Waals surface area (Å²) in [6, 6.07) is 5.61. The lowest BCUT2D eigenvalue weighted by molar-refractivity contribution is 0.141. The van der Waals surface area contributed by atoms with E-state index >= 15 is 0 Å². The molecule has 1 aliphatic rings. The number of hydrogen-bond acceptors (Lipinski definition) is 2. The molecule has 1 saturated heterocycles. The van der Waals surface area contributed by atoms with Crippen LogP contribution in [0, 0.1) is 0 Å². The minimum absolute atomic E-state index is 0.147. The third kappa shape index (κ3) is 2.41. The Morgan fingerprint density at radius 1 is 1.50 bits per heavy atom. The van der Waals surface area contributed by atoms with E-state index in [2.05, 4.69) is 15.9 Å². The van der Waals surface area contributed by atoms with E-state index in [0.29, 0.717) is 11.6 Å². The van der Waals surface area contributed by atoms with Gasteiger partial charge in [0, 0.05) is 10.9 Å². The zero-order valence-electron chi connectivity index (χ0n) is 7.50. The van der Waals surface area contributed by atoms with Crippen LogP contribution in [0.3, 0.4) is 0 Å². The topological polar surface area (TPSA) is 18.5 Å². The second-order valence-electron chi connectivity index (χ2n) is 3.18. The molecule has 14 heavy (non-hydrogen) atoms. The maximum atomic E-state index is 6.01. The van der Waals surface area contributed by atoms with Crippen molar-refractivity contribution in [2.45, 2.75) is 12.5 Å². The van der Waals surface area contributed by atoms with Crippen molar-refractivity contribution in [2.75, 3.05) is 13.2 Å². The van der Waals surface area contributed by atoms with E-state index in [0.717, 1.165) is 23.2 Å². The summed E-state index contributed by atoms with van der Waals surface area (Å²) in [5.74, 6) is 0.727. The largest absolute Gasteiger partial charge is 0.486 e. The Bertz CT molecular complexity index is 324. The highest BCUT2D eigenvalue weighted by Crippen LogP contribution is 2.29. The molecule has 4 heteroatoms. The number of hydrogen-bond donors (Lipinski definition) is 0. The number of ether oxygens (including phenoxy) is 2. The summed E-state index contributed by atoms with van der Waals surface area (Å²) in [5, 5.41) is 0.631. The van der Waals surface area contributed by atoms with Gasteiger partial charge in [-0.2, -0.15) is 0 Å². The van der Waals surface area contributed by atoms with E-state index in [1.54, 1.807) is 0 Å². The first-order chi connectivity index (χ1) is 6.75. The van der Waals surface area contributed by atoms with Gasteiger partial charge in [0.1, 0.15) is 11.9 Å². The first-order valence-electron chi connectivity index (χ1n) is 4.45. The van der Waals surface area contributed by atoms with E-state index in [9.17, 15) is 0 Å². The quantitative estimate of drug-likeness (QED) is 0.826. The Balaban J connectivity index is 2.08. The van der Waals surface area contributed by atoms with Crippen molar-refractivity contribution in [3.05, 3.63) is 27.7 Å². The van der Waals surface area contributed by atoms with Crippen molar-refractivity contribution in [1.29, 1.82) is 0 Å². The molecule has 0 radical (unpaired) electrons. The molecule has 76 valence electrons. The van der Waals surface area contributed by atoms with Crippen molar-refractivity contribution in [3.63, 3.8) is 0 Å². The van der Waals surface area contributed by atoms with Gasteiger partial charge in [-0.25, -0.2) is 0 Å². The maximum absolute atomic E-state index is 6.01. The third-order valence-electron chi connectivity index (χ3n) is 2.08. The fraction of sp³-hybridized carbons (Fsp3) is 0.400. The summed E-state index contributed by atoms with van der Waals surface area (Å²) in [6.45, 7) is 1.44. The van der Waals surface area contributed by atoms with E-state index in [1.807, 2.05) is 18.2 Å². The normalized spacial score (nSPS) is 21.1. The van der Waals surface area contributed by atoms with Crippen LogP contribution in [0.1, 0.15) is 6.42 Å². The Morgan fingerprint density at radius 3 is 3.00 bits per heavy atom. The summed E-state index contributed by atoms with van der Waals surface area (Å²) in [7, 11) is 0. The molecule has 0 unspecified atom stereocenters. The van der Waals surface area contributed by atoms with Crippen LogP contribution >= 0.6 is 27.5 Å². The number of benzene rings is 1. The Morgan fingerprint density at radius 2 is 2.36 bits per heavy atom. The summed E-state index contributed by atoms with van der Waals surface area (Å²) in [5.41, 5.74) is 0. The summed E-state index contributed by atoms with van der Waals surface area (Å²) in [6.07, 6.45) is 1.08. The molecule has 0 bridgehead atoms. The predicted molar refractivity (Wildman–Crippen MR) is 59.0 cm³/mol. The lowest BCUT2D eigenvalue weighted by Gasteiger charge is -2.12. The van der Waals surface area contributed by atoms with Gasteiger partial charge in [0.05, 0.1) is 18.2 Å². The van der Waals surface area contributed by atoms with Crippen LogP contribution in [0.5, 0.6) is 5.75 Å². The molecular weight excluding hydrogens is 267 g/mol.